The first kappa shape index (κ1) is 28.4. The van der Waals surface area contributed by atoms with E-state index in [2.05, 4.69) is 45.3 Å². The molecule has 0 aromatic carbocycles. The van der Waals surface area contributed by atoms with Gasteiger partial charge in [-0.05, 0) is 39.5 Å². The van der Waals surface area contributed by atoms with Gasteiger partial charge < -0.3 is 19.7 Å². The molecule has 2 N–H and O–H groups in total. The van der Waals surface area contributed by atoms with Crippen molar-refractivity contribution in [3.05, 3.63) is 0 Å². The minimum atomic E-state index is -0.499. The summed E-state index contributed by atoms with van der Waals surface area (Å²) in [5.41, 5.74) is -0.499. The number of hydrogen-bond donors (Lipinski definition) is 2. The molecule has 0 bridgehead atoms. The van der Waals surface area contributed by atoms with E-state index in [0.29, 0.717) is 38.1 Å². The smallest absolute Gasteiger partial charge is 0.410 e. The SMILES string of the molecule is CC(C)COCNC(CSSC(C)(C)C)C(=O)NC1CCN(C(=O)OC(C)(C)C)CC1. The van der Waals surface area contributed by atoms with Gasteiger partial charge in [-0.25, -0.2) is 4.79 Å². The molecular weight excluding hydrogens is 434 g/mol. The Morgan fingerprint density at radius 2 is 1.71 bits per heavy atom. The molecule has 1 unspecified atom stereocenters. The second-order valence-corrected chi connectivity index (χ2v) is 13.6. The van der Waals surface area contributed by atoms with E-state index < -0.39 is 5.60 Å². The first-order chi connectivity index (χ1) is 14.3. The monoisotopic (exact) mass is 477 g/mol. The third-order valence-corrected chi connectivity index (χ3v) is 7.59. The van der Waals surface area contributed by atoms with Gasteiger partial charge in [0.25, 0.3) is 0 Å². The molecule has 9 heteroatoms. The van der Waals surface area contributed by atoms with Gasteiger partial charge in [0.1, 0.15) is 5.60 Å². The Kier molecular flexibility index (Phi) is 12.1. The fourth-order valence-corrected chi connectivity index (χ4v) is 5.29. The van der Waals surface area contributed by atoms with Crippen LogP contribution in [0.4, 0.5) is 4.79 Å². The minimum Gasteiger partial charge on any atom is -0.444 e. The zero-order valence-electron chi connectivity index (χ0n) is 20.6. The number of rotatable bonds is 10. The zero-order chi connectivity index (χ0) is 23.7. The Hall–Kier alpha value is -0.640. The average molecular weight is 478 g/mol. The molecule has 0 spiro atoms. The number of nitrogens with zero attached hydrogens (tertiary/aromatic N) is 1. The third kappa shape index (κ3) is 13.5. The average Bonchev–Trinajstić information content (AvgIpc) is 2.61. The van der Waals surface area contributed by atoms with E-state index >= 15 is 0 Å². The van der Waals surface area contributed by atoms with Gasteiger partial charge in [0.2, 0.25) is 5.91 Å². The Balaban J connectivity index is 2.51. The predicted octanol–water partition coefficient (Wildman–Crippen LogP) is 4.27. The first-order valence-corrected chi connectivity index (χ1v) is 13.5. The van der Waals surface area contributed by atoms with E-state index in [1.54, 1.807) is 26.5 Å². The predicted molar refractivity (Wildman–Crippen MR) is 131 cm³/mol. The van der Waals surface area contributed by atoms with Crippen molar-refractivity contribution in [2.75, 3.05) is 32.2 Å². The van der Waals surface area contributed by atoms with Crippen molar-refractivity contribution >= 4 is 33.6 Å². The maximum absolute atomic E-state index is 12.9. The molecule has 1 atom stereocenters. The number of ether oxygens (including phenoxy) is 2. The standard InChI is InChI=1S/C22H43N3O4S2/c1-16(2)13-28-15-23-18(14-30-31-22(6,7)8)19(26)24-17-9-11-25(12-10-17)20(27)29-21(3,4)5/h16-18,23H,9-15H2,1-8H3,(H,24,26). The molecule has 0 aromatic rings. The topological polar surface area (TPSA) is 79.9 Å². The van der Waals surface area contributed by atoms with Crippen LogP contribution < -0.4 is 10.6 Å². The molecule has 1 rings (SSSR count). The highest BCUT2D eigenvalue weighted by Crippen LogP contribution is 2.35. The van der Waals surface area contributed by atoms with Crippen LogP contribution in [0.2, 0.25) is 0 Å². The van der Waals surface area contributed by atoms with Crippen LogP contribution in [0.1, 0.15) is 68.2 Å². The highest BCUT2D eigenvalue weighted by atomic mass is 33.1. The molecule has 1 fully saturated rings. The number of likely N-dealkylation sites (tertiary alicyclic amines) is 1. The lowest BCUT2D eigenvalue weighted by atomic mass is 10.0. The maximum Gasteiger partial charge on any atom is 0.410 e. The van der Waals surface area contributed by atoms with Crippen molar-refractivity contribution in [2.45, 2.75) is 90.7 Å². The lowest BCUT2D eigenvalue weighted by Gasteiger charge is -2.34. The summed E-state index contributed by atoms with van der Waals surface area (Å²) in [6, 6.07) is -0.261. The molecule has 0 saturated carbocycles. The van der Waals surface area contributed by atoms with Crippen LogP contribution in [0.3, 0.4) is 0 Å². The van der Waals surface area contributed by atoms with Crippen LogP contribution in [0.15, 0.2) is 0 Å². The maximum atomic E-state index is 12.9. The van der Waals surface area contributed by atoms with E-state index in [1.165, 1.54) is 0 Å². The minimum absolute atomic E-state index is 0.00845. The Morgan fingerprint density at radius 1 is 1.10 bits per heavy atom. The summed E-state index contributed by atoms with van der Waals surface area (Å²) in [6.07, 6.45) is 1.17. The Bertz CT molecular complexity index is 554. The van der Waals surface area contributed by atoms with E-state index in [1.807, 2.05) is 20.8 Å². The van der Waals surface area contributed by atoms with Crippen molar-refractivity contribution in [3.8, 4) is 0 Å². The largest absolute Gasteiger partial charge is 0.444 e. The molecule has 31 heavy (non-hydrogen) atoms. The summed E-state index contributed by atoms with van der Waals surface area (Å²) in [4.78, 5) is 26.9. The van der Waals surface area contributed by atoms with Crippen molar-refractivity contribution in [2.24, 2.45) is 5.92 Å². The summed E-state index contributed by atoms with van der Waals surface area (Å²) in [5, 5.41) is 6.42. The summed E-state index contributed by atoms with van der Waals surface area (Å²) in [5.74, 6) is 1.11. The van der Waals surface area contributed by atoms with Gasteiger partial charge in [0.05, 0.1) is 19.4 Å². The van der Waals surface area contributed by atoms with Crippen LogP contribution in [-0.2, 0) is 14.3 Å². The van der Waals surface area contributed by atoms with Crippen LogP contribution in [-0.4, -0.2) is 71.5 Å². The molecule has 1 aliphatic rings. The molecule has 182 valence electrons. The molecule has 0 aliphatic carbocycles. The molecule has 1 saturated heterocycles. The van der Waals surface area contributed by atoms with E-state index in [-0.39, 0.29) is 28.8 Å². The lowest BCUT2D eigenvalue weighted by molar-refractivity contribution is -0.124. The molecule has 2 amide bonds. The molecular formula is C22H43N3O4S2. The number of carbonyl (C=O) groups excluding carboxylic acids is 2. The molecule has 1 aliphatic heterocycles. The van der Waals surface area contributed by atoms with Gasteiger partial charge >= 0.3 is 6.09 Å². The Morgan fingerprint density at radius 3 is 2.23 bits per heavy atom. The number of carbonyl (C=O) groups is 2. The van der Waals surface area contributed by atoms with Crippen molar-refractivity contribution in [1.29, 1.82) is 0 Å². The number of nitrogens with one attached hydrogen (secondary N) is 2. The van der Waals surface area contributed by atoms with Crippen LogP contribution in [0, 0.1) is 5.92 Å². The van der Waals surface area contributed by atoms with Crippen molar-refractivity contribution in [1.82, 2.24) is 15.5 Å². The zero-order valence-corrected chi connectivity index (χ0v) is 22.2. The van der Waals surface area contributed by atoms with Gasteiger partial charge in [-0.1, -0.05) is 56.2 Å². The third-order valence-electron chi connectivity index (χ3n) is 4.24. The second kappa shape index (κ2) is 13.2. The highest BCUT2D eigenvalue weighted by Gasteiger charge is 2.29. The fourth-order valence-electron chi connectivity index (χ4n) is 2.79. The summed E-state index contributed by atoms with van der Waals surface area (Å²) in [7, 11) is 3.48. The van der Waals surface area contributed by atoms with Gasteiger partial charge in [0.15, 0.2) is 0 Å². The van der Waals surface area contributed by atoms with E-state index in [9.17, 15) is 9.59 Å². The first-order valence-electron chi connectivity index (χ1n) is 11.2. The van der Waals surface area contributed by atoms with Gasteiger partial charge in [-0.15, -0.1) is 0 Å². The second-order valence-electron chi connectivity index (χ2n) is 10.4. The van der Waals surface area contributed by atoms with E-state index in [4.69, 9.17) is 9.47 Å². The van der Waals surface area contributed by atoms with Crippen LogP contribution >= 0.6 is 21.6 Å². The van der Waals surface area contributed by atoms with Crippen LogP contribution in [0.5, 0.6) is 0 Å². The van der Waals surface area contributed by atoms with E-state index in [0.717, 1.165) is 12.8 Å². The van der Waals surface area contributed by atoms with Crippen molar-refractivity contribution < 1.29 is 19.1 Å². The normalized spacial score (nSPS) is 17.0. The summed E-state index contributed by atoms with van der Waals surface area (Å²) < 4.78 is 11.2. The van der Waals surface area contributed by atoms with Crippen molar-refractivity contribution in [3.63, 3.8) is 0 Å². The quantitative estimate of drug-likeness (QED) is 0.276. The number of amides is 2. The Labute approximate surface area is 196 Å². The molecule has 0 radical (unpaired) electrons. The molecule has 7 nitrogen and oxygen atoms in total. The van der Waals surface area contributed by atoms with Crippen LogP contribution in [0.25, 0.3) is 0 Å². The number of hydrogen-bond acceptors (Lipinski definition) is 7. The molecule has 0 aromatic heterocycles. The molecule has 1 heterocycles. The van der Waals surface area contributed by atoms with Gasteiger partial charge in [-0.2, -0.15) is 0 Å². The summed E-state index contributed by atoms with van der Waals surface area (Å²) >= 11 is 0. The van der Waals surface area contributed by atoms with Gasteiger partial charge in [0, 0.05) is 29.6 Å². The summed E-state index contributed by atoms with van der Waals surface area (Å²) in [6.45, 7) is 18.5. The highest BCUT2D eigenvalue weighted by molar-refractivity contribution is 8.77. The number of piperidine rings is 1. The fraction of sp³-hybridized carbons (Fsp3) is 0.909. The lowest BCUT2D eigenvalue weighted by Crippen LogP contribution is -2.53. The van der Waals surface area contributed by atoms with Gasteiger partial charge in [-0.3, -0.25) is 10.1 Å².